The third-order valence-corrected chi connectivity index (χ3v) is 3.94. The number of benzene rings is 2. The Hall–Kier alpha value is -2.35. The summed E-state index contributed by atoms with van der Waals surface area (Å²) >= 11 is 0. The summed E-state index contributed by atoms with van der Waals surface area (Å²) in [6, 6.07) is 19.1. The molecule has 0 saturated carbocycles. The van der Waals surface area contributed by atoms with Gasteiger partial charge in [0.2, 0.25) is 0 Å². The monoisotopic (exact) mass is 260 g/mol. The van der Waals surface area contributed by atoms with E-state index in [1.807, 2.05) is 12.1 Å². The van der Waals surface area contributed by atoms with Crippen LogP contribution in [0, 0.1) is 0 Å². The van der Waals surface area contributed by atoms with Gasteiger partial charge in [-0.3, -0.25) is 0 Å². The van der Waals surface area contributed by atoms with Gasteiger partial charge in [0, 0.05) is 23.2 Å². The van der Waals surface area contributed by atoms with Crippen LogP contribution in [0.1, 0.15) is 12.0 Å². The summed E-state index contributed by atoms with van der Waals surface area (Å²) in [7, 11) is 0. The Morgan fingerprint density at radius 1 is 0.950 bits per heavy atom. The van der Waals surface area contributed by atoms with Gasteiger partial charge in [-0.1, -0.05) is 30.3 Å². The molecule has 20 heavy (non-hydrogen) atoms. The van der Waals surface area contributed by atoms with Crippen molar-refractivity contribution in [3.05, 3.63) is 60.2 Å². The lowest BCUT2D eigenvalue weighted by molar-refractivity contribution is 0.830. The fourth-order valence-electron chi connectivity index (χ4n) is 2.86. The highest BCUT2D eigenvalue weighted by Crippen LogP contribution is 2.28. The van der Waals surface area contributed by atoms with Crippen molar-refractivity contribution in [3.8, 4) is 11.3 Å². The molecule has 0 fully saturated rings. The summed E-state index contributed by atoms with van der Waals surface area (Å²) < 4.78 is 0. The summed E-state index contributed by atoms with van der Waals surface area (Å²) in [5, 5.41) is 4.64. The Bertz CT molecular complexity index is 777. The van der Waals surface area contributed by atoms with Gasteiger partial charge < -0.3 is 5.32 Å². The van der Waals surface area contributed by atoms with Gasteiger partial charge in [0.05, 0.1) is 11.2 Å². The van der Waals surface area contributed by atoms with Crippen molar-refractivity contribution in [1.82, 2.24) is 4.98 Å². The Labute approximate surface area is 118 Å². The van der Waals surface area contributed by atoms with Crippen LogP contribution in [-0.2, 0) is 6.42 Å². The maximum absolute atomic E-state index is 4.77. The highest BCUT2D eigenvalue weighted by molar-refractivity contribution is 5.81. The quantitative estimate of drug-likeness (QED) is 0.707. The number of para-hydroxylation sites is 1. The van der Waals surface area contributed by atoms with E-state index in [9.17, 15) is 0 Å². The lowest BCUT2D eigenvalue weighted by Crippen LogP contribution is -2.11. The Balaban J connectivity index is 1.82. The second-order valence-corrected chi connectivity index (χ2v) is 5.29. The predicted octanol–water partition coefficient (Wildman–Crippen LogP) is 4.26. The van der Waals surface area contributed by atoms with Gasteiger partial charge in [0.1, 0.15) is 0 Å². The van der Waals surface area contributed by atoms with E-state index in [4.69, 9.17) is 4.98 Å². The first kappa shape index (κ1) is 11.5. The molecule has 0 amide bonds. The Kier molecular flexibility index (Phi) is 2.66. The fourth-order valence-corrected chi connectivity index (χ4v) is 2.86. The van der Waals surface area contributed by atoms with Crippen molar-refractivity contribution in [1.29, 1.82) is 0 Å². The normalized spacial score (nSPS) is 13.8. The van der Waals surface area contributed by atoms with E-state index < -0.39 is 0 Å². The van der Waals surface area contributed by atoms with Gasteiger partial charge in [-0.15, -0.1) is 0 Å². The largest absolute Gasteiger partial charge is 0.385 e. The molecular formula is C18H16N2. The molecule has 2 nitrogen and oxygen atoms in total. The molecule has 1 aliphatic heterocycles. The van der Waals surface area contributed by atoms with Gasteiger partial charge >= 0.3 is 0 Å². The molecule has 0 aliphatic carbocycles. The fraction of sp³-hybridized carbons (Fsp3) is 0.167. The first-order valence-electron chi connectivity index (χ1n) is 7.13. The minimum Gasteiger partial charge on any atom is -0.385 e. The SMILES string of the molecule is c1ccc2nc(-c3ccc4c(c3)CCCN4)ccc2c1. The summed E-state index contributed by atoms with van der Waals surface area (Å²) in [4.78, 5) is 4.77. The number of hydrogen-bond acceptors (Lipinski definition) is 2. The Morgan fingerprint density at radius 3 is 2.90 bits per heavy atom. The molecule has 2 aromatic carbocycles. The van der Waals surface area contributed by atoms with E-state index >= 15 is 0 Å². The molecule has 0 unspecified atom stereocenters. The van der Waals surface area contributed by atoms with Crippen LogP contribution < -0.4 is 5.32 Å². The molecule has 0 spiro atoms. The number of nitrogens with zero attached hydrogens (tertiary/aromatic N) is 1. The zero-order valence-corrected chi connectivity index (χ0v) is 11.3. The number of hydrogen-bond donors (Lipinski definition) is 1. The van der Waals surface area contributed by atoms with Gasteiger partial charge in [-0.05, 0) is 42.7 Å². The van der Waals surface area contributed by atoms with Crippen LogP contribution in [0.4, 0.5) is 5.69 Å². The van der Waals surface area contributed by atoms with Crippen LogP contribution in [0.2, 0.25) is 0 Å². The second kappa shape index (κ2) is 4.64. The standard InChI is InChI=1S/C18H16N2/c1-2-6-17-13(4-1)7-10-18(20-17)15-8-9-16-14(12-15)5-3-11-19-16/h1-2,4,6-10,12,19H,3,5,11H2. The summed E-state index contributed by atoms with van der Waals surface area (Å²) in [6.45, 7) is 1.08. The molecule has 1 aromatic heterocycles. The highest BCUT2D eigenvalue weighted by atomic mass is 14.9. The van der Waals surface area contributed by atoms with Crippen molar-refractivity contribution in [2.24, 2.45) is 0 Å². The van der Waals surface area contributed by atoms with Gasteiger partial charge in [-0.2, -0.15) is 0 Å². The van der Waals surface area contributed by atoms with Crippen molar-refractivity contribution >= 4 is 16.6 Å². The molecule has 1 aliphatic rings. The van der Waals surface area contributed by atoms with Gasteiger partial charge in [0.15, 0.2) is 0 Å². The van der Waals surface area contributed by atoms with E-state index in [-0.39, 0.29) is 0 Å². The maximum Gasteiger partial charge on any atom is 0.0709 e. The van der Waals surface area contributed by atoms with E-state index in [0.29, 0.717) is 0 Å². The van der Waals surface area contributed by atoms with Crippen LogP contribution in [0.25, 0.3) is 22.2 Å². The van der Waals surface area contributed by atoms with E-state index in [1.54, 1.807) is 0 Å². The van der Waals surface area contributed by atoms with E-state index in [0.717, 1.165) is 24.2 Å². The number of aromatic nitrogens is 1. The third kappa shape index (κ3) is 1.94. The van der Waals surface area contributed by atoms with Gasteiger partial charge in [0.25, 0.3) is 0 Å². The predicted molar refractivity (Wildman–Crippen MR) is 84.0 cm³/mol. The van der Waals surface area contributed by atoms with Crippen LogP contribution in [0.5, 0.6) is 0 Å². The molecule has 0 radical (unpaired) electrons. The minimum atomic E-state index is 1.05. The number of fused-ring (bicyclic) bond motifs is 2. The lowest BCUT2D eigenvalue weighted by atomic mass is 9.99. The number of nitrogens with one attached hydrogen (secondary N) is 1. The number of pyridine rings is 1. The highest BCUT2D eigenvalue weighted by Gasteiger charge is 2.10. The molecular weight excluding hydrogens is 244 g/mol. The Morgan fingerprint density at radius 2 is 1.90 bits per heavy atom. The number of rotatable bonds is 1. The van der Waals surface area contributed by atoms with Gasteiger partial charge in [-0.25, -0.2) is 4.98 Å². The van der Waals surface area contributed by atoms with Crippen LogP contribution >= 0.6 is 0 Å². The van der Waals surface area contributed by atoms with Crippen LogP contribution in [0.15, 0.2) is 54.6 Å². The second-order valence-electron chi connectivity index (χ2n) is 5.29. The molecule has 2 heteroatoms. The molecule has 1 N–H and O–H groups in total. The first-order chi connectivity index (χ1) is 9.90. The lowest BCUT2D eigenvalue weighted by Gasteiger charge is -2.18. The first-order valence-corrected chi connectivity index (χ1v) is 7.13. The van der Waals surface area contributed by atoms with Crippen molar-refractivity contribution in [2.75, 3.05) is 11.9 Å². The smallest absolute Gasteiger partial charge is 0.0709 e. The van der Waals surface area contributed by atoms with Crippen LogP contribution in [-0.4, -0.2) is 11.5 Å². The van der Waals surface area contributed by atoms with Crippen molar-refractivity contribution in [3.63, 3.8) is 0 Å². The van der Waals surface area contributed by atoms with Crippen molar-refractivity contribution in [2.45, 2.75) is 12.8 Å². The maximum atomic E-state index is 4.77. The third-order valence-electron chi connectivity index (χ3n) is 3.94. The average molecular weight is 260 g/mol. The molecule has 0 saturated heterocycles. The summed E-state index contributed by atoms with van der Waals surface area (Å²) in [5.41, 5.74) is 6.00. The minimum absolute atomic E-state index is 1.05. The molecule has 2 heterocycles. The van der Waals surface area contributed by atoms with Crippen molar-refractivity contribution < 1.29 is 0 Å². The molecule has 0 atom stereocenters. The molecule has 0 bridgehead atoms. The molecule has 98 valence electrons. The van der Waals surface area contributed by atoms with E-state index in [2.05, 4.69) is 47.8 Å². The number of anilines is 1. The molecule has 4 rings (SSSR count). The summed E-state index contributed by atoms with van der Waals surface area (Å²) in [6.07, 6.45) is 2.37. The van der Waals surface area contributed by atoms with Crippen LogP contribution in [0.3, 0.4) is 0 Å². The summed E-state index contributed by atoms with van der Waals surface area (Å²) in [5.74, 6) is 0. The zero-order valence-electron chi connectivity index (χ0n) is 11.3. The topological polar surface area (TPSA) is 24.9 Å². The zero-order chi connectivity index (χ0) is 13.4. The molecule has 3 aromatic rings. The van der Waals surface area contributed by atoms with E-state index in [1.165, 1.54) is 28.6 Å². The average Bonchev–Trinajstić information content (AvgIpc) is 2.54. The number of aryl methyl sites for hydroxylation is 1.